The summed E-state index contributed by atoms with van der Waals surface area (Å²) < 4.78 is 4.88. The molecule has 0 bridgehead atoms. The zero-order valence-electron chi connectivity index (χ0n) is 14.1. The van der Waals surface area contributed by atoms with Crippen molar-refractivity contribution in [2.75, 3.05) is 59.5 Å². The third kappa shape index (κ3) is 8.35. The number of nitrogens with zero attached hydrogens (tertiary/aromatic N) is 3. The van der Waals surface area contributed by atoms with Crippen LogP contribution in [0.4, 0.5) is 0 Å². The second kappa shape index (κ2) is 12.3. The van der Waals surface area contributed by atoms with E-state index in [2.05, 4.69) is 20.5 Å². The van der Waals surface area contributed by atoms with Gasteiger partial charge in [-0.15, -0.1) is 24.0 Å². The second-order valence-electron chi connectivity index (χ2n) is 5.01. The zero-order valence-corrected chi connectivity index (χ0v) is 16.5. The number of nitrogens with one attached hydrogen (secondary N) is 2. The van der Waals surface area contributed by atoms with Crippen LogP contribution < -0.4 is 10.6 Å². The molecule has 0 aromatic carbocycles. The lowest BCUT2D eigenvalue weighted by atomic mass is 10.3. The van der Waals surface area contributed by atoms with Gasteiger partial charge in [0.05, 0.1) is 6.61 Å². The lowest BCUT2D eigenvalue weighted by Crippen LogP contribution is -2.53. The van der Waals surface area contributed by atoms with Crippen LogP contribution in [0.15, 0.2) is 4.99 Å². The van der Waals surface area contributed by atoms with Crippen molar-refractivity contribution in [2.24, 2.45) is 4.99 Å². The van der Waals surface area contributed by atoms with Gasteiger partial charge in [-0.1, -0.05) is 0 Å². The van der Waals surface area contributed by atoms with Gasteiger partial charge >= 0.3 is 0 Å². The third-order valence-corrected chi connectivity index (χ3v) is 3.36. The highest BCUT2D eigenvalue weighted by Gasteiger charge is 2.20. The van der Waals surface area contributed by atoms with Crippen LogP contribution in [-0.4, -0.2) is 87.1 Å². The number of methoxy groups -OCH3 is 1. The molecule has 8 nitrogen and oxygen atoms in total. The quantitative estimate of drug-likeness (QED) is 0.251. The van der Waals surface area contributed by atoms with Crippen molar-refractivity contribution in [3.05, 3.63) is 0 Å². The summed E-state index contributed by atoms with van der Waals surface area (Å²) in [6.45, 7) is 8.16. The van der Waals surface area contributed by atoms with Crippen LogP contribution in [0.1, 0.15) is 13.8 Å². The number of piperazine rings is 1. The maximum absolute atomic E-state index is 11.7. The Bertz CT molecular complexity index is 398. The number of hydrogen-bond donors (Lipinski definition) is 2. The normalized spacial score (nSPS) is 15.0. The van der Waals surface area contributed by atoms with E-state index in [1.807, 2.05) is 11.8 Å². The Labute approximate surface area is 155 Å². The summed E-state index contributed by atoms with van der Waals surface area (Å²) in [5.41, 5.74) is 0. The summed E-state index contributed by atoms with van der Waals surface area (Å²) >= 11 is 0. The second-order valence-corrected chi connectivity index (χ2v) is 5.01. The van der Waals surface area contributed by atoms with Crippen LogP contribution in [0.25, 0.3) is 0 Å². The van der Waals surface area contributed by atoms with Crippen LogP contribution in [0.5, 0.6) is 0 Å². The zero-order chi connectivity index (χ0) is 16.4. The Morgan fingerprint density at radius 2 is 1.74 bits per heavy atom. The van der Waals surface area contributed by atoms with E-state index in [1.165, 1.54) is 0 Å². The van der Waals surface area contributed by atoms with E-state index >= 15 is 0 Å². The monoisotopic (exact) mass is 441 g/mol. The van der Waals surface area contributed by atoms with Gasteiger partial charge in [0.25, 0.3) is 0 Å². The fraction of sp³-hybridized carbons (Fsp3) is 0.786. The minimum atomic E-state index is -0.130. The first kappa shape index (κ1) is 21.9. The van der Waals surface area contributed by atoms with Gasteiger partial charge in [0.2, 0.25) is 11.8 Å². The van der Waals surface area contributed by atoms with Crippen molar-refractivity contribution in [2.45, 2.75) is 13.8 Å². The number of hydrogen-bond acceptors (Lipinski definition) is 4. The molecule has 134 valence electrons. The van der Waals surface area contributed by atoms with Gasteiger partial charge in [-0.25, -0.2) is 4.99 Å². The minimum Gasteiger partial charge on any atom is -0.383 e. The summed E-state index contributed by atoms with van der Waals surface area (Å²) in [5, 5.41) is 5.92. The van der Waals surface area contributed by atoms with Gasteiger partial charge in [-0.05, 0) is 6.92 Å². The average Bonchev–Trinajstić information content (AvgIpc) is 2.52. The molecule has 0 aromatic rings. The Morgan fingerprint density at radius 3 is 2.26 bits per heavy atom. The molecule has 0 atom stereocenters. The van der Waals surface area contributed by atoms with E-state index in [0.717, 1.165) is 19.6 Å². The van der Waals surface area contributed by atoms with Crippen LogP contribution in [0, 0.1) is 0 Å². The van der Waals surface area contributed by atoms with Crippen molar-refractivity contribution in [3.8, 4) is 0 Å². The van der Waals surface area contributed by atoms with E-state index in [0.29, 0.717) is 32.2 Å². The van der Waals surface area contributed by atoms with E-state index in [1.54, 1.807) is 14.0 Å². The summed E-state index contributed by atoms with van der Waals surface area (Å²) in [4.78, 5) is 31.3. The fourth-order valence-electron chi connectivity index (χ4n) is 2.15. The van der Waals surface area contributed by atoms with E-state index in [-0.39, 0.29) is 42.3 Å². The Morgan fingerprint density at radius 1 is 1.13 bits per heavy atom. The lowest BCUT2D eigenvalue weighted by molar-refractivity contribution is -0.130. The molecule has 0 saturated carbocycles. The highest BCUT2D eigenvalue weighted by atomic mass is 127. The van der Waals surface area contributed by atoms with Crippen LogP contribution in [0.3, 0.4) is 0 Å². The molecule has 1 aliphatic rings. The number of halogens is 1. The summed E-state index contributed by atoms with van der Waals surface area (Å²) in [7, 11) is 1.59. The summed E-state index contributed by atoms with van der Waals surface area (Å²) in [6.07, 6.45) is 0. The molecule has 2 amide bonds. The lowest BCUT2D eigenvalue weighted by Gasteiger charge is -2.36. The van der Waals surface area contributed by atoms with Gasteiger partial charge < -0.3 is 25.2 Å². The number of guanidine groups is 1. The molecule has 0 radical (unpaired) electrons. The van der Waals surface area contributed by atoms with E-state index < -0.39 is 0 Å². The van der Waals surface area contributed by atoms with Crippen LogP contribution in [0.2, 0.25) is 0 Å². The van der Waals surface area contributed by atoms with Gasteiger partial charge in [-0.3, -0.25) is 9.59 Å². The van der Waals surface area contributed by atoms with Crippen molar-refractivity contribution in [1.29, 1.82) is 0 Å². The van der Waals surface area contributed by atoms with Crippen molar-refractivity contribution >= 4 is 41.8 Å². The molecule has 1 fully saturated rings. The third-order valence-electron chi connectivity index (χ3n) is 3.36. The average molecular weight is 441 g/mol. The standard InChI is InChI=1S/C14H27N5O3.HI/c1-4-15-14(17-11-13(21)16-5-10-22-3)19-8-6-18(7-9-19)12(2)20;/h4-11H2,1-3H3,(H,15,17)(H,16,21);1H. The van der Waals surface area contributed by atoms with Gasteiger partial charge in [-0.2, -0.15) is 0 Å². The first-order valence-corrected chi connectivity index (χ1v) is 7.62. The predicted molar refractivity (Wildman–Crippen MR) is 100 cm³/mol. The Kier molecular flexibility index (Phi) is 11.7. The molecular formula is C14H28IN5O3. The van der Waals surface area contributed by atoms with Crippen molar-refractivity contribution in [3.63, 3.8) is 0 Å². The summed E-state index contributed by atoms with van der Waals surface area (Å²) in [6, 6.07) is 0. The Hall–Kier alpha value is -1.10. The number of carbonyl (C=O) groups excluding carboxylic acids is 2. The molecule has 0 aliphatic carbocycles. The molecule has 2 N–H and O–H groups in total. The molecule has 1 saturated heterocycles. The predicted octanol–water partition coefficient (Wildman–Crippen LogP) is -0.503. The van der Waals surface area contributed by atoms with Gasteiger partial charge in [0.15, 0.2) is 5.96 Å². The molecule has 9 heteroatoms. The molecular weight excluding hydrogens is 413 g/mol. The number of carbonyl (C=O) groups is 2. The van der Waals surface area contributed by atoms with E-state index in [9.17, 15) is 9.59 Å². The maximum Gasteiger partial charge on any atom is 0.241 e. The molecule has 0 aromatic heterocycles. The molecule has 1 heterocycles. The minimum absolute atomic E-state index is 0. The number of rotatable bonds is 6. The summed E-state index contributed by atoms with van der Waals surface area (Å²) in [5.74, 6) is 0.682. The molecule has 23 heavy (non-hydrogen) atoms. The number of amides is 2. The molecule has 0 unspecified atom stereocenters. The highest BCUT2D eigenvalue weighted by Crippen LogP contribution is 2.02. The highest BCUT2D eigenvalue weighted by molar-refractivity contribution is 14.0. The number of aliphatic imine (C=N–C) groups is 1. The van der Waals surface area contributed by atoms with Gasteiger partial charge in [0.1, 0.15) is 6.54 Å². The first-order chi connectivity index (χ1) is 10.6. The smallest absolute Gasteiger partial charge is 0.241 e. The van der Waals surface area contributed by atoms with Crippen molar-refractivity contribution in [1.82, 2.24) is 20.4 Å². The molecule has 0 spiro atoms. The largest absolute Gasteiger partial charge is 0.383 e. The van der Waals surface area contributed by atoms with Gasteiger partial charge in [0, 0.05) is 53.3 Å². The maximum atomic E-state index is 11.7. The fourth-order valence-corrected chi connectivity index (χ4v) is 2.15. The first-order valence-electron chi connectivity index (χ1n) is 7.62. The SMILES string of the molecule is CCNC(=NCC(=O)NCCOC)N1CCN(C(C)=O)CC1.I. The molecule has 1 rings (SSSR count). The van der Waals surface area contributed by atoms with E-state index in [4.69, 9.17) is 4.74 Å². The van der Waals surface area contributed by atoms with Crippen LogP contribution in [-0.2, 0) is 14.3 Å². The van der Waals surface area contributed by atoms with Crippen LogP contribution >= 0.6 is 24.0 Å². The molecule has 1 aliphatic heterocycles. The number of ether oxygens (including phenoxy) is 1. The Balaban J connectivity index is 0.00000484. The topological polar surface area (TPSA) is 86.3 Å². The van der Waals surface area contributed by atoms with Crippen molar-refractivity contribution < 1.29 is 14.3 Å².